The minimum absolute atomic E-state index is 0.211. The van der Waals surface area contributed by atoms with E-state index in [-0.39, 0.29) is 12.1 Å². The fraction of sp³-hybridized carbons (Fsp3) is 0.667. The smallest absolute Gasteiger partial charge is 0.0745 e. The van der Waals surface area contributed by atoms with E-state index < -0.39 is 0 Å². The zero-order valence-corrected chi connectivity index (χ0v) is 13.1. The molecular weight excluding hydrogens is 246 g/mol. The van der Waals surface area contributed by atoms with Crippen molar-refractivity contribution in [3.05, 3.63) is 35.9 Å². The van der Waals surface area contributed by atoms with Gasteiger partial charge in [0, 0.05) is 0 Å². The highest BCUT2D eigenvalue weighted by Crippen LogP contribution is 2.30. The van der Waals surface area contributed by atoms with Crippen LogP contribution in [0, 0.1) is 5.92 Å². The van der Waals surface area contributed by atoms with Crippen molar-refractivity contribution in [2.75, 3.05) is 7.05 Å². The largest absolute Gasteiger partial charge is 0.373 e. The number of hydrogen-bond donors (Lipinski definition) is 1. The molecule has 0 spiro atoms. The minimum atomic E-state index is 0.211. The summed E-state index contributed by atoms with van der Waals surface area (Å²) in [4.78, 5) is 0. The van der Waals surface area contributed by atoms with E-state index in [2.05, 4.69) is 49.5 Å². The third kappa shape index (κ3) is 4.07. The number of ether oxygens (including phenoxy) is 1. The van der Waals surface area contributed by atoms with Crippen LogP contribution in [0.2, 0.25) is 0 Å². The Hall–Kier alpha value is -0.860. The van der Waals surface area contributed by atoms with Crippen LogP contribution in [-0.2, 0) is 4.74 Å². The van der Waals surface area contributed by atoms with Crippen LogP contribution in [0.5, 0.6) is 0 Å². The second kappa shape index (κ2) is 7.80. The molecular formula is C18H29NO. The standard InChI is InChI=1S/C18H29NO/c1-4-15-9-8-12-17(13-15)20-14(2)18(19-3)16-10-6-5-7-11-16/h5-7,10-11,14-15,17-19H,4,8-9,12-13H2,1-3H3. The number of hydrogen-bond acceptors (Lipinski definition) is 2. The predicted octanol–water partition coefficient (Wildman–Crippen LogP) is 4.32. The maximum atomic E-state index is 6.37. The average Bonchev–Trinajstić information content (AvgIpc) is 2.49. The van der Waals surface area contributed by atoms with Crippen molar-refractivity contribution in [2.24, 2.45) is 5.92 Å². The van der Waals surface area contributed by atoms with Gasteiger partial charge in [-0.25, -0.2) is 0 Å². The average molecular weight is 275 g/mol. The number of likely N-dealkylation sites (N-methyl/N-ethyl adjacent to an activating group) is 1. The van der Waals surface area contributed by atoms with Gasteiger partial charge in [-0.05, 0) is 38.3 Å². The number of nitrogens with one attached hydrogen (secondary N) is 1. The molecule has 2 nitrogen and oxygen atoms in total. The Bertz CT molecular complexity index is 378. The summed E-state index contributed by atoms with van der Waals surface area (Å²) >= 11 is 0. The molecule has 0 amide bonds. The Balaban J connectivity index is 1.94. The number of benzene rings is 1. The van der Waals surface area contributed by atoms with Gasteiger partial charge >= 0.3 is 0 Å². The highest BCUT2D eigenvalue weighted by Gasteiger charge is 2.26. The third-order valence-electron chi connectivity index (χ3n) is 4.66. The van der Waals surface area contributed by atoms with Crippen molar-refractivity contribution in [3.63, 3.8) is 0 Å². The van der Waals surface area contributed by atoms with Crippen LogP contribution in [0.3, 0.4) is 0 Å². The van der Waals surface area contributed by atoms with Gasteiger partial charge in [0.15, 0.2) is 0 Å². The SMILES string of the molecule is CCC1CCCC(OC(C)C(NC)c2ccccc2)C1. The lowest BCUT2D eigenvalue weighted by Gasteiger charge is -2.33. The Labute approximate surface area is 123 Å². The molecule has 0 radical (unpaired) electrons. The van der Waals surface area contributed by atoms with Crippen LogP contribution in [0.25, 0.3) is 0 Å². The van der Waals surface area contributed by atoms with E-state index in [1.165, 1.54) is 37.7 Å². The molecule has 0 heterocycles. The molecule has 112 valence electrons. The lowest BCUT2D eigenvalue weighted by atomic mass is 9.85. The van der Waals surface area contributed by atoms with Gasteiger partial charge in [-0.2, -0.15) is 0 Å². The fourth-order valence-corrected chi connectivity index (χ4v) is 3.45. The summed E-state index contributed by atoms with van der Waals surface area (Å²) < 4.78 is 6.37. The summed E-state index contributed by atoms with van der Waals surface area (Å²) in [6.07, 6.45) is 7.14. The summed E-state index contributed by atoms with van der Waals surface area (Å²) in [6, 6.07) is 10.9. The van der Waals surface area contributed by atoms with Gasteiger partial charge in [-0.15, -0.1) is 0 Å². The molecule has 0 aliphatic heterocycles. The molecule has 1 aliphatic carbocycles. The normalized spacial score (nSPS) is 26.1. The van der Waals surface area contributed by atoms with Crippen molar-refractivity contribution >= 4 is 0 Å². The van der Waals surface area contributed by atoms with Gasteiger partial charge in [0.1, 0.15) is 0 Å². The maximum Gasteiger partial charge on any atom is 0.0745 e. The van der Waals surface area contributed by atoms with Gasteiger partial charge < -0.3 is 10.1 Å². The first-order valence-corrected chi connectivity index (χ1v) is 8.12. The van der Waals surface area contributed by atoms with Crippen LogP contribution < -0.4 is 5.32 Å². The van der Waals surface area contributed by atoms with Gasteiger partial charge in [-0.1, -0.05) is 56.5 Å². The molecule has 4 unspecified atom stereocenters. The van der Waals surface area contributed by atoms with Crippen LogP contribution in [-0.4, -0.2) is 19.3 Å². The molecule has 0 bridgehead atoms. The Morgan fingerprint density at radius 1 is 1.25 bits per heavy atom. The second-order valence-electron chi connectivity index (χ2n) is 6.08. The quantitative estimate of drug-likeness (QED) is 0.834. The van der Waals surface area contributed by atoms with E-state index in [0.29, 0.717) is 6.10 Å². The second-order valence-corrected chi connectivity index (χ2v) is 6.08. The molecule has 2 heteroatoms. The molecule has 2 rings (SSSR count). The van der Waals surface area contributed by atoms with E-state index in [4.69, 9.17) is 4.74 Å². The lowest BCUT2D eigenvalue weighted by Crippen LogP contribution is -2.34. The van der Waals surface area contributed by atoms with Gasteiger partial charge in [0.2, 0.25) is 0 Å². The predicted molar refractivity (Wildman–Crippen MR) is 84.8 cm³/mol. The first kappa shape index (κ1) is 15.5. The van der Waals surface area contributed by atoms with Gasteiger partial charge in [0.25, 0.3) is 0 Å². The van der Waals surface area contributed by atoms with Crippen LogP contribution in [0.15, 0.2) is 30.3 Å². The minimum Gasteiger partial charge on any atom is -0.373 e. The highest BCUT2D eigenvalue weighted by atomic mass is 16.5. The Morgan fingerprint density at radius 3 is 2.65 bits per heavy atom. The van der Waals surface area contributed by atoms with E-state index >= 15 is 0 Å². The Morgan fingerprint density at radius 2 is 2.00 bits per heavy atom. The molecule has 20 heavy (non-hydrogen) atoms. The molecule has 1 saturated carbocycles. The maximum absolute atomic E-state index is 6.37. The molecule has 1 N–H and O–H groups in total. The molecule has 1 aliphatic rings. The molecule has 1 aromatic rings. The molecule has 4 atom stereocenters. The molecule has 0 aromatic heterocycles. The van der Waals surface area contributed by atoms with Gasteiger partial charge in [0.05, 0.1) is 18.2 Å². The van der Waals surface area contributed by atoms with Crippen LogP contribution in [0.1, 0.15) is 57.6 Å². The summed E-state index contributed by atoms with van der Waals surface area (Å²) in [5.74, 6) is 0.866. The summed E-state index contributed by atoms with van der Waals surface area (Å²) in [6.45, 7) is 4.50. The van der Waals surface area contributed by atoms with Crippen molar-refractivity contribution in [1.82, 2.24) is 5.32 Å². The van der Waals surface area contributed by atoms with E-state index in [1.54, 1.807) is 0 Å². The summed E-state index contributed by atoms with van der Waals surface area (Å²) in [5.41, 5.74) is 1.31. The van der Waals surface area contributed by atoms with Crippen molar-refractivity contribution in [2.45, 2.75) is 64.2 Å². The summed E-state index contributed by atoms with van der Waals surface area (Å²) in [5, 5.41) is 3.41. The van der Waals surface area contributed by atoms with E-state index in [0.717, 1.165) is 5.92 Å². The highest BCUT2D eigenvalue weighted by molar-refractivity contribution is 5.19. The van der Waals surface area contributed by atoms with Crippen molar-refractivity contribution in [3.8, 4) is 0 Å². The molecule has 0 saturated heterocycles. The third-order valence-corrected chi connectivity index (χ3v) is 4.66. The Kier molecular flexibility index (Phi) is 6.06. The van der Waals surface area contributed by atoms with Crippen molar-refractivity contribution < 1.29 is 4.74 Å². The van der Waals surface area contributed by atoms with Crippen LogP contribution in [0.4, 0.5) is 0 Å². The monoisotopic (exact) mass is 275 g/mol. The molecule has 1 fully saturated rings. The zero-order valence-electron chi connectivity index (χ0n) is 13.1. The first-order valence-electron chi connectivity index (χ1n) is 8.12. The molecule has 1 aromatic carbocycles. The summed E-state index contributed by atoms with van der Waals surface area (Å²) in [7, 11) is 2.02. The lowest BCUT2D eigenvalue weighted by molar-refractivity contribution is -0.0472. The first-order chi connectivity index (χ1) is 9.74. The fourth-order valence-electron chi connectivity index (χ4n) is 3.45. The van der Waals surface area contributed by atoms with Gasteiger partial charge in [-0.3, -0.25) is 0 Å². The van der Waals surface area contributed by atoms with E-state index in [9.17, 15) is 0 Å². The van der Waals surface area contributed by atoms with Crippen molar-refractivity contribution in [1.29, 1.82) is 0 Å². The van der Waals surface area contributed by atoms with E-state index in [1.807, 2.05) is 7.05 Å². The number of rotatable bonds is 6. The zero-order chi connectivity index (χ0) is 14.4. The topological polar surface area (TPSA) is 21.3 Å². The van der Waals surface area contributed by atoms with Crippen LogP contribution >= 0.6 is 0 Å².